The van der Waals surface area contributed by atoms with E-state index >= 15 is 0 Å². The number of amides is 1. The summed E-state index contributed by atoms with van der Waals surface area (Å²) in [6.45, 7) is 0.585. The zero-order valence-electron chi connectivity index (χ0n) is 18.2. The average Bonchev–Trinajstić information content (AvgIpc) is 3.21. The first-order chi connectivity index (χ1) is 15.4. The third kappa shape index (κ3) is 4.00. The van der Waals surface area contributed by atoms with Crippen molar-refractivity contribution in [3.05, 3.63) is 47.8 Å². The van der Waals surface area contributed by atoms with Crippen LogP contribution in [0.3, 0.4) is 0 Å². The predicted octanol–water partition coefficient (Wildman–Crippen LogP) is 4.04. The van der Waals surface area contributed by atoms with E-state index in [1.165, 1.54) is 25.8 Å². The normalized spacial score (nSPS) is 15.7. The number of methoxy groups -OCH3 is 1. The highest BCUT2D eigenvalue weighted by Crippen LogP contribution is 2.38. The molecule has 1 N–H and O–H groups in total. The van der Waals surface area contributed by atoms with Crippen molar-refractivity contribution in [2.75, 3.05) is 27.4 Å². The summed E-state index contributed by atoms with van der Waals surface area (Å²) in [5.41, 5.74) is 3.02. The second kappa shape index (κ2) is 8.74. The number of halogens is 2. The number of nitrogens with zero attached hydrogens (tertiary/aromatic N) is 2. The summed E-state index contributed by atoms with van der Waals surface area (Å²) in [6, 6.07) is 7.11. The molecule has 0 unspecified atom stereocenters. The Bertz CT molecular complexity index is 1140. The van der Waals surface area contributed by atoms with Crippen LogP contribution in [0.4, 0.5) is 8.78 Å². The zero-order chi connectivity index (χ0) is 22.9. The van der Waals surface area contributed by atoms with Crippen LogP contribution < -0.4 is 14.8 Å². The van der Waals surface area contributed by atoms with Crippen molar-refractivity contribution in [1.29, 1.82) is 0 Å². The molecule has 0 aliphatic carbocycles. The van der Waals surface area contributed by atoms with E-state index in [0.717, 1.165) is 31.7 Å². The van der Waals surface area contributed by atoms with E-state index in [1.54, 1.807) is 12.3 Å². The summed E-state index contributed by atoms with van der Waals surface area (Å²) >= 11 is 0. The quantitative estimate of drug-likeness (QED) is 0.620. The van der Waals surface area contributed by atoms with Gasteiger partial charge < -0.3 is 19.5 Å². The van der Waals surface area contributed by atoms with E-state index in [-0.39, 0.29) is 22.5 Å². The number of hydrogen-bond donors (Lipinski definition) is 1. The fraction of sp³-hybridized carbons (Fsp3) is 0.391. The minimum atomic E-state index is -3.09. The minimum absolute atomic E-state index is 0.0166. The molecule has 3 aromatic rings. The Labute approximate surface area is 184 Å². The highest BCUT2D eigenvalue weighted by molar-refractivity contribution is 6.00. The number of pyridine rings is 1. The molecule has 1 fully saturated rings. The number of imidazole rings is 1. The van der Waals surface area contributed by atoms with Crippen molar-refractivity contribution in [2.45, 2.75) is 31.8 Å². The number of ether oxygens (including phenoxy) is 3. The Morgan fingerprint density at radius 3 is 2.62 bits per heavy atom. The maximum Gasteiger partial charge on any atom is 0.387 e. The summed E-state index contributed by atoms with van der Waals surface area (Å²) in [4.78, 5) is 16.8. The van der Waals surface area contributed by atoms with Crippen molar-refractivity contribution >= 4 is 11.6 Å². The highest BCUT2D eigenvalue weighted by atomic mass is 19.3. The Morgan fingerprint density at radius 1 is 1.25 bits per heavy atom. The number of nitrogens with one attached hydrogen (secondary N) is 1. The van der Waals surface area contributed by atoms with Gasteiger partial charge in [-0.05, 0) is 48.1 Å². The molecule has 3 heterocycles. The molecule has 1 saturated heterocycles. The van der Waals surface area contributed by atoms with Crippen molar-refractivity contribution < 1.29 is 27.8 Å². The number of aromatic nitrogens is 2. The number of fused-ring (bicyclic) bond motifs is 1. The number of carbonyl (C=O) groups is 1. The highest BCUT2D eigenvalue weighted by Gasteiger charge is 2.30. The second-order valence-corrected chi connectivity index (χ2v) is 7.97. The van der Waals surface area contributed by atoms with Crippen LogP contribution in [0, 0.1) is 0 Å². The maximum absolute atomic E-state index is 13.1. The van der Waals surface area contributed by atoms with Crippen LogP contribution in [0.15, 0.2) is 36.7 Å². The fourth-order valence-electron chi connectivity index (χ4n) is 4.12. The van der Waals surface area contributed by atoms with Gasteiger partial charge in [-0.3, -0.25) is 9.20 Å². The molecule has 170 valence electrons. The van der Waals surface area contributed by atoms with Crippen molar-refractivity contribution in [3.63, 3.8) is 0 Å². The summed E-state index contributed by atoms with van der Waals surface area (Å²) in [6.07, 6.45) is 5.44. The van der Waals surface area contributed by atoms with Crippen molar-refractivity contribution in [3.8, 4) is 22.8 Å². The average molecular weight is 445 g/mol. The maximum atomic E-state index is 13.1. The smallest absolute Gasteiger partial charge is 0.387 e. The molecule has 0 bridgehead atoms. The lowest BCUT2D eigenvalue weighted by Crippen LogP contribution is -2.30. The molecule has 1 amide bonds. The third-order valence-corrected chi connectivity index (χ3v) is 6.06. The topological polar surface area (TPSA) is 74.1 Å². The van der Waals surface area contributed by atoms with E-state index in [1.807, 2.05) is 16.7 Å². The van der Waals surface area contributed by atoms with Gasteiger partial charge >= 0.3 is 6.61 Å². The molecule has 32 heavy (non-hydrogen) atoms. The van der Waals surface area contributed by atoms with Crippen LogP contribution in [0.2, 0.25) is 0 Å². The van der Waals surface area contributed by atoms with Crippen LogP contribution in [0.1, 0.15) is 35.7 Å². The molecule has 1 aliphatic heterocycles. The minimum Gasteiger partial charge on any atom is -0.496 e. The van der Waals surface area contributed by atoms with Gasteiger partial charge in [0, 0.05) is 32.0 Å². The number of benzene rings is 1. The standard InChI is InChI=1S/C23H25F2N3O4/c1-23(5-8-31-9-6-23)15-4-7-28-16(13-27-19(28)12-15)14-10-17(30-3)20(21(29)26-2)18(11-14)32-22(24)25/h4,7,10-13,22H,5-6,8-9H2,1-3H3,(H,26,29). The first-order valence-corrected chi connectivity index (χ1v) is 10.3. The Balaban J connectivity index is 1.80. The van der Waals surface area contributed by atoms with Crippen LogP contribution in [-0.2, 0) is 10.2 Å². The van der Waals surface area contributed by atoms with Crippen molar-refractivity contribution in [2.24, 2.45) is 0 Å². The third-order valence-electron chi connectivity index (χ3n) is 6.06. The van der Waals surface area contributed by atoms with E-state index in [0.29, 0.717) is 11.3 Å². The number of carbonyl (C=O) groups excluding carboxylic acids is 1. The molecule has 4 rings (SSSR count). The van der Waals surface area contributed by atoms with Gasteiger partial charge in [-0.2, -0.15) is 8.78 Å². The summed E-state index contributed by atoms with van der Waals surface area (Å²) < 4.78 is 43.5. The first-order valence-electron chi connectivity index (χ1n) is 10.3. The van der Waals surface area contributed by atoms with E-state index in [2.05, 4.69) is 28.0 Å². The van der Waals surface area contributed by atoms with E-state index in [4.69, 9.17) is 9.47 Å². The fourth-order valence-corrected chi connectivity index (χ4v) is 4.12. The lowest BCUT2D eigenvalue weighted by Gasteiger charge is -2.34. The molecule has 0 radical (unpaired) electrons. The number of alkyl halides is 2. The van der Waals surface area contributed by atoms with Gasteiger partial charge in [0.25, 0.3) is 5.91 Å². The monoisotopic (exact) mass is 445 g/mol. The van der Waals surface area contributed by atoms with Gasteiger partial charge in [0.1, 0.15) is 22.7 Å². The van der Waals surface area contributed by atoms with Gasteiger partial charge in [-0.15, -0.1) is 0 Å². The molecular formula is C23H25F2N3O4. The number of hydrogen-bond acceptors (Lipinski definition) is 5. The van der Waals surface area contributed by atoms with Crippen LogP contribution in [0.5, 0.6) is 11.5 Å². The molecule has 0 atom stereocenters. The zero-order valence-corrected chi connectivity index (χ0v) is 18.2. The Morgan fingerprint density at radius 2 is 1.97 bits per heavy atom. The van der Waals surface area contributed by atoms with Crippen LogP contribution >= 0.6 is 0 Å². The molecule has 1 aliphatic rings. The van der Waals surface area contributed by atoms with Gasteiger partial charge in [0.15, 0.2) is 0 Å². The second-order valence-electron chi connectivity index (χ2n) is 7.97. The predicted molar refractivity (Wildman–Crippen MR) is 115 cm³/mol. The summed E-state index contributed by atoms with van der Waals surface area (Å²) in [5.74, 6) is -0.731. The SMILES string of the molecule is CNC(=O)c1c(OC)cc(-c2cnc3cc(C4(C)CCOCC4)ccn23)cc1OC(F)F. The lowest BCUT2D eigenvalue weighted by molar-refractivity contribution is -0.0502. The Kier molecular flexibility index (Phi) is 6.01. The van der Waals surface area contributed by atoms with Crippen molar-refractivity contribution in [1.82, 2.24) is 14.7 Å². The molecule has 0 saturated carbocycles. The molecule has 1 aromatic carbocycles. The van der Waals surface area contributed by atoms with Gasteiger partial charge in [0.05, 0.1) is 19.0 Å². The lowest BCUT2D eigenvalue weighted by atomic mass is 9.76. The largest absolute Gasteiger partial charge is 0.496 e. The first kappa shape index (κ1) is 22.0. The van der Waals surface area contributed by atoms with Gasteiger partial charge in [-0.25, -0.2) is 4.98 Å². The van der Waals surface area contributed by atoms with E-state index < -0.39 is 12.5 Å². The summed E-state index contributed by atoms with van der Waals surface area (Å²) in [7, 11) is 2.77. The summed E-state index contributed by atoms with van der Waals surface area (Å²) in [5, 5.41) is 2.42. The molecular weight excluding hydrogens is 420 g/mol. The van der Waals surface area contributed by atoms with Crippen LogP contribution in [-0.4, -0.2) is 49.3 Å². The molecule has 7 nitrogen and oxygen atoms in total. The molecule has 9 heteroatoms. The van der Waals surface area contributed by atoms with Gasteiger partial charge in [0.2, 0.25) is 0 Å². The van der Waals surface area contributed by atoms with Gasteiger partial charge in [-0.1, -0.05) is 6.92 Å². The Hall–Kier alpha value is -3.20. The number of rotatable bonds is 6. The van der Waals surface area contributed by atoms with Crippen LogP contribution in [0.25, 0.3) is 16.9 Å². The molecule has 0 spiro atoms. The molecule has 2 aromatic heterocycles. The van der Waals surface area contributed by atoms with E-state index in [9.17, 15) is 13.6 Å².